The lowest BCUT2D eigenvalue weighted by molar-refractivity contribution is -0.275. The van der Waals surface area contributed by atoms with Crippen LogP contribution in [0.1, 0.15) is 5.56 Å². The molecule has 1 aromatic carbocycles. The van der Waals surface area contributed by atoms with Gasteiger partial charge in [0.15, 0.2) is 0 Å². The van der Waals surface area contributed by atoms with Gasteiger partial charge in [-0.15, -0.1) is 13.2 Å². The predicted molar refractivity (Wildman–Crippen MR) is 52.2 cm³/mol. The number of hydrogen-bond acceptors (Lipinski definition) is 2. The van der Waals surface area contributed by atoms with Crippen LogP contribution in [0.15, 0.2) is 22.7 Å². The molecule has 0 aromatic heterocycles. The molecular formula is C9H6BrF3O3. The Morgan fingerprint density at radius 3 is 2.56 bits per heavy atom. The smallest absolute Gasteiger partial charge is 0.481 e. The monoisotopic (exact) mass is 298 g/mol. The van der Waals surface area contributed by atoms with Crippen LogP contribution < -0.4 is 4.74 Å². The molecule has 0 unspecified atom stereocenters. The van der Waals surface area contributed by atoms with Crippen LogP contribution in [0.5, 0.6) is 5.75 Å². The van der Waals surface area contributed by atoms with E-state index in [-0.39, 0.29) is 10.0 Å². The maximum atomic E-state index is 12.0. The highest BCUT2D eigenvalue weighted by Gasteiger charge is 2.32. The van der Waals surface area contributed by atoms with Gasteiger partial charge in [0.25, 0.3) is 0 Å². The zero-order valence-corrected chi connectivity index (χ0v) is 9.30. The summed E-state index contributed by atoms with van der Waals surface area (Å²) in [6, 6.07) is 3.84. The zero-order valence-electron chi connectivity index (χ0n) is 7.71. The minimum absolute atomic E-state index is 0.0488. The van der Waals surface area contributed by atoms with Crippen LogP contribution in [0.25, 0.3) is 0 Å². The Labute approximate surface area is 97.0 Å². The molecule has 0 heterocycles. The Hall–Kier alpha value is -1.24. The van der Waals surface area contributed by atoms with Gasteiger partial charge in [0.1, 0.15) is 5.75 Å². The van der Waals surface area contributed by atoms with Crippen molar-refractivity contribution in [1.29, 1.82) is 0 Å². The molecule has 0 saturated carbocycles. The number of carboxylic acid groups (broad SMARTS) is 1. The van der Waals surface area contributed by atoms with Crippen LogP contribution in [0.2, 0.25) is 0 Å². The van der Waals surface area contributed by atoms with E-state index in [2.05, 4.69) is 20.7 Å². The number of halogens is 4. The van der Waals surface area contributed by atoms with Gasteiger partial charge >= 0.3 is 12.3 Å². The van der Waals surface area contributed by atoms with E-state index in [1.165, 1.54) is 12.1 Å². The summed E-state index contributed by atoms with van der Waals surface area (Å²) in [7, 11) is 0. The van der Waals surface area contributed by atoms with Crippen molar-refractivity contribution >= 4 is 21.9 Å². The van der Waals surface area contributed by atoms with Crippen molar-refractivity contribution in [2.45, 2.75) is 12.8 Å². The first kappa shape index (κ1) is 12.8. The van der Waals surface area contributed by atoms with Crippen LogP contribution in [0.3, 0.4) is 0 Å². The highest BCUT2D eigenvalue weighted by atomic mass is 79.9. The molecule has 0 aliphatic rings. The molecule has 88 valence electrons. The van der Waals surface area contributed by atoms with Crippen LogP contribution in [0, 0.1) is 0 Å². The van der Waals surface area contributed by atoms with Gasteiger partial charge in [0.05, 0.1) is 6.42 Å². The molecule has 0 bridgehead atoms. The highest BCUT2D eigenvalue weighted by molar-refractivity contribution is 9.10. The van der Waals surface area contributed by atoms with Crippen LogP contribution in [-0.2, 0) is 11.2 Å². The lowest BCUT2D eigenvalue weighted by atomic mass is 10.1. The van der Waals surface area contributed by atoms with E-state index < -0.39 is 24.5 Å². The molecule has 0 saturated heterocycles. The second kappa shape index (κ2) is 4.73. The number of ether oxygens (including phenoxy) is 1. The van der Waals surface area contributed by atoms with Gasteiger partial charge in [-0.1, -0.05) is 22.0 Å². The summed E-state index contributed by atoms with van der Waals surface area (Å²) < 4.78 is 40.0. The molecule has 1 N–H and O–H groups in total. The second-order valence-corrected chi connectivity index (χ2v) is 3.69. The van der Waals surface area contributed by atoms with E-state index in [0.717, 1.165) is 6.07 Å². The predicted octanol–water partition coefficient (Wildman–Crippen LogP) is 2.97. The lowest BCUT2D eigenvalue weighted by Gasteiger charge is -2.13. The van der Waals surface area contributed by atoms with E-state index in [4.69, 9.17) is 5.11 Å². The summed E-state index contributed by atoms with van der Waals surface area (Å²) in [5.74, 6) is -1.75. The van der Waals surface area contributed by atoms with E-state index in [9.17, 15) is 18.0 Å². The molecule has 7 heteroatoms. The van der Waals surface area contributed by atoms with Crippen molar-refractivity contribution in [3.63, 3.8) is 0 Å². The van der Waals surface area contributed by atoms with Crippen LogP contribution in [-0.4, -0.2) is 17.4 Å². The second-order valence-electron chi connectivity index (χ2n) is 2.83. The number of aliphatic carboxylic acids is 1. The first-order valence-corrected chi connectivity index (χ1v) is 4.84. The van der Waals surface area contributed by atoms with Crippen LogP contribution >= 0.6 is 15.9 Å². The Bertz CT molecular complexity index is 403. The quantitative estimate of drug-likeness (QED) is 0.933. The molecule has 3 nitrogen and oxygen atoms in total. The normalized spacial score (nSPS) is 11.2. The van der Waals surface area contributed by atoms with Crippen molar-refractivity contribution in [2.24, 2.45) is 0 Å². The van der Waals surface area contributed by atoms with Crippen molar-refractivity contribution in [3.8, 4) is 5.75 Å². The maximum absolute atomic E-state index is 12.0. The number of carboxylic acids is 1. The Morgan fingerprint density at radius 1 is 1.44 bits per heavy atom. The molecule has 0 aliphatic heterocycles. The largest absolute Gasteiger partial charge is 0.573 e. The molecule has 0 aliphatic carbocycles. The third-order valence-electron chi connectivity index (χ3n) is 1.63. The van der Waals surface area contributed by atoms with Crippen molar-refractivity contribution < 1.29 is 27.8 Å². The van der Waals surface area contributed by atoms with E-state index in [1.807, 2.05) is 0 Å². The van der Waals surface area contributed by atoms with Crippen molar-refractivity contribution in [3.05, 3.63) is 28.2 Å². The summed E-state index contributed by atoms with van der Waals surface area (Å²) in [5.41, 5.74) is -0.0488. The molecule has 0 amide bonds. The third-order valence-corrected chi connectivity index (χ3v) is 2.37. The minimum Gasteiger partial charge on any atom is -0.481 e. The Kier molecular flexibility index (Phi) is 3.79. The topological polar surface area (TPSA) is 46.5 Å². The van der Waals surface area contributed by atoms with Gasteiger partial charge in [-0.2, -0.15) is 0 Å². The molecule has 0 radical (unpaired) electrons. The van der Waals surface area contributed by atoms with E-state index >= 15 is 0 Å². The Balaban J connectivity index is 3.07. The van der Waals surface area contributed by atoms with E-state index in [0.29, 0.717) is 0 Å². The summed E-state index contributed by atoms with van der Waals surface area (Å²) in [4.78, 5) is 10.5. The summed E-state index contributed by atoms with van der Waals surface area (Å²) in [6.07, 6.45) is -5.39. The number of alkyl halides is 3. The molecule has 0 fully saturated rings. The fraction of sp³-hybridized carbons (Fsp3) is 0.222. The fourth-order valence-corrected chi connectivity index (χ4v) is 1.57. The number of rotatable bonds is 3. The van der Waals surface area contributed by atoms with Gasteiger partial charge in [0.2, 0.25) is 0 Å². The van der Waals surface area contributed by atoms with Gasteiger partial charge in [-0.3, -0.25) is 4.79 Å². The average molecular weight is 299 g/mol. The summed E-state index contributed by atoms with van der Waals surface area (Å²) in [6.45, 7) is 0. The van der Waals surface area contributed by atoms with E-state index in [1.54, 1.807) is 0 Å². The molecular weight excluding hydrogens is 293 g/mol. The fourth-order valence-electron chi connectivity index (χ4n) is 1.08. The van der Waals surface area contributed by atoms with Gasteiger partial charge in [-0.25, -0.2) is 0 Å². The molecule has 1 aromatic rings. The van der Waals surface area contributed by atoms with Gasteiger partial charge in [0, 0.05) is 10.0 Å². The van der Waals surface area contributed by atoms with Gasteiger partial charge < -0.3 is 9.84 Å². The maximum Gasteiger partial charge on any atom is 0.573 e. The number of carbonyl (C=O) groups is 1. The summed E-state index contributed by atoms with van der Waals surface area (Å²) in [5, 5.41) is 8.56. The zero-order chi connectivity index (χ0) is 12.3. The van der Waals surface area contributed by atoms with Gasteiger partial charge in [-0.05, 0) is 12.1 Å². The number of benzene rings is 1. The first-order valence-electron chi connectivity index (χ1n) is 4.04. The lowest BCUT2D eigenvalue weighted by Crippen LogP contribution is -2.18. The number of hydrogen-bond donors (Lipinski definition) is 1. The molecule has 0 atom stereocenters. The summed E-state index contributed by atoms with van der Waals surface area (Å²) >= 11 is 2.97. The Morgan fingerprint density at radius 2 is 2.06 bits per heavy atom. The minimum atomic E-state index is -4.84. The molecule has 16 heavy (non-hydrogen) atoms. The highest BCUT2D eigenvalue weighted by Crippen LogP contribution is 2.31. The molecule has 0 spiro atoms. The molecule has 1 rings (SSSR count). The van der Waals surface area contributed by atoms with Crippen molar-refractivity contribution in [1.82, 2.24) is 0 Å². The third kappa shape index (κ3) is 3.73. The average Bonchev–Trinajstić information content (AvgIpc) is 2.08. The first-order chi connectivity index (χ1) is 7.29. The van der Waals surface area contributed by atoms with Crippen LogP contribution in [0.4, 0.5) is 13.2 Å². The SMILES string of the molecule is O=C(O)Cc1c(Br)cccc1OC(F)(F)F. The van der Waals surface area contributed by atoms with Crippen molar-refractivity contribution in [2.75, 3.05) is 0 Å². The standard InChI is InChI=1S/C9H6BrF3O3/c10-6-2-1-3-7(16-9(11,12)13)5(6)4-8(14)15/h1-3H,4H2,(H,14,15).